The van der Waals surface area contributed by atoms with E-state index < -0.39 is 16.0 Å². The number of sulfonamides is 1. The summed E-state index contributed by atoms with van der Waals surface area (Å²) in [5.41, 5.74) is 0.0670. The van der Waals surface area contributed by atoms with Gasteiger partial charge in [-0.2, -0.15) is 4.31 Å². The number of hydrogen-bond acceptors (Lipinski definition) is 4. The second kappa shape index (κ2) is 5.90. The van der Waals surface area contributed by atoms with E-state index in [0.717, 1.165) is 6.42 Å². The van der Waals surface area contributed by atoms with Crippen LogP contribution >= 0.6 is 0 Å². The SMILES string of the molecule is CC[C@H]1CN(S(=O)(=O)c2ccc(C(=O)O)cc2)CCO1. The number of hydrogen-bond donors (Lipinski definition) is 1. The lowest BCUT2D eigenvalue weighted by Crippen LogP contribution is -2.45. The second-order valence-corrected chi connectivity index (χ2v) is 6.53. The summed E-state index contributed by atoms with van der Waals surface area (Å²) in [5.74, 6) is -1.08. The highest BCUT2D eigenvalue weighted by Crippen LogP contribution is 2.20. The molecule has 2 rings (SSSR count). The predicted octanol–water partition coefficient (Wildman–Crippen LogP) is 1.18. The van der Waals surface area contributed by atoms with Crippen LogP contribution in [0.5, 0.6) is 0 Å². The lowest BCUT2D eigenvalue weighted by molar-refractivity contribution is -0.00277. The van der Waals surface area contributed by atoms with Crippen molar-refractivity contribution < 1.29 is 23.1 Å². The summed E-state index contributed by atoms with van der Waals surface area (Å²) in [6.45, 7) is 2.98. The standard InChI is InChI=1S/C13H17NO5S/c1-2-11-9-14(7-8-19-11)20(17,18)12-5-3-10(4-6-12)13(15)16/h3-6,11H,2,7-9H2,1H3,(H,15,16)/t11-/m0/s1. The molecular formula is C13H17NO5S. The van der Waals surface area contributed by atoms with Crippen LogP contribution in [0.2, 0.25) is 0 Å². The smallest absolute Gasteiger partial charge is 0.335 e. The number of carbonyl (C=O) groups is 1. The Morgan fingerprint density at radius 2 is 2.05 bits per heavy atom. The summed E-state index contributed by atoms with van der Waals surface area (Å²) in [6, 6.07) is 5.25. The average Bonchev–Trinajstić information content (AvgIpc) is 2.47. The zero-order chi connectivity index (χ0) is 14.8. The van der Waals surface area contributed by atoms with Gasteiger partial charge in [-0.05, 0) is 30.7 Å². The van der Waals surface area contributed by atoms with Gasteiger partial charge in [0.25, 0.3) is 0 Å². The summed E-state index contributed by atoms with van der Waals surface area (Å²) >= 11 is 0. The van der Waals surface area contributed by atoms with Gasteiger partial charge in [-0.25, -0.2) is 13.2 Å². The first kappa shape index (κ1) is 15.0. The fourth-order valence-corrected chi connectivity index (χ4v) is 3.53. The number of carboxylic acid groups (broad SMARTS) is 1. The molecule has 1 heterocycles. The minimum absolute atomic E-state index is 0.0670. The van der Waals surface area contributed by atoms with Gasteiger partial charge in [0, 0.05) is 13.1 Å². The molecule has 0 bridgehead atoms. The Morgan fingerprint density at radius 3 is 2.60 bits per heavy atom. The van der Waals surface area contributed by atoms with Gasteiger partial charge >= 0.3 is 5.97 Å². The first-order valence-electron chi connectivity index (χ1n) is 6.40. The fraction of sp³-hybridized carbons (Fsp3) is 0.462. The maximum absolute atomic E-state index is 12.5. The predicted molar refractivity (Wildman–Crippen MR) is 72.2 cm³/mol. The van der Waals surface area contributed by atoms with Crippen LogP contribution in [0.15, 0.2) is 29.2 Å². The topological polar surface area (TPSA) is 83.9 Å². The van der Waals surface area contributed by atoms with E-state index in [2.05, 4.69) is 0 Å². The van der Waals surface area contributed by atoms with Crippen LogP contribution in [0.4, 0.5) is 0 Å². The molecule has 0 spiro atoms. The third-order valence-electron chi connectivity index (χ3n) is 3.30. The molecular weight excluding hydrogens is 282 g/mol. The van der Waals surface area contributed by atoms with Gasteiger partial charge in [0.15, 0.2) is 0 Å². The van der Waals surface area contributed by atoms with Gasteiger partial charge in [-0.3, -0.25) is 0 Å². The molecule has 20 heavy (non-hydrogen) atoms. The molecule has 0 radical (unpaired) electrons. The molecule has 1 aliphatic heterocycles. The van der Waals surface area contributed by atoms with Gasteiger partial charge in [0.1, 0.15) is 0 Å². The Labute approximate surface area is 118 Å². The van der Waals surface area contributed by atoms with Crippen molar-refractivity contribution in [3.8, 4) is 0 Å². The molecule has 0 saturated carbocycles. The minimum Gasteiger partial charge on any atom is -0.478 e. The van der Waals surface area contributed by atoms with E-state index in [1.807, 2.05) is 6.92 Å². The monoisotopic (exact) mass is 299 g/mol. The molecule has 1 atom stereocenters. The van der Waals surface area contributed by atoms with Crippen molar-refractivity contribution in [2.24, 2.45) is 0 Å². The minimum atomic E-state index is -3.59. The highest BCUT2D eigenvalue weighted by Gasteiger charge is 2.30. The average molecular weight is 299 g/mol. The van der Waals surface area contributed by atoms with Crippen LogP contribution in [-0.2, 0) is 14.8 Å². The van der Waals surface area contributed by atoms with Crippen molar-refractivity contribution >= 4 is 16.0 Å². The van der Waals surface area contributed by atoms with Crippen molar-refractivity contribution in [2.75, 3.05) is 19.7 Å². The van der Waals surface area contributed by atoms with E-state index in [-0.39, 0.29) is 16.6 Å². The quantitative estimate of drug-likeness (QED) is 0.902. The van der Waals surface area contributed by atoms with Gasteiger partial charge in [0.05, 0.1) is 23.2 Å². The maximum atomic E-state index is 12.5. The molecule has 1 aliphatic rings. The third kappa shape index (κ3) is 3.00. The van der Waals surface area contributed by atoms with Crippen LogP contribution in [0.25, 0.3) is 0 Å². The summed E-state index contributed by atoms with van der Waals surface area (Å²) in [7, 11) is -3.59. The van der Waals surface area contributed by atoms with Crippen molar-refractivity contribution in [2.45, 2.75) is 24.3 Å². The molecule has 0 unspecified atom stereocenters. The van der Waals surface area contributed by atoms with Gasteiger partial charge in [-0.15, -0.1) is 0 Å². The number of ether oxygens (including phenoxy) is 1. The van der Waals surface area contributed by atoms with E-state index in [0.29, 0.717) is 19.7 Å². The Kier molecular flexibility index (Phi) is 4.42. The molecule has 1 N–H and O–H groups in total. The lowest BCUT2D eigenvalue weighted by Gasteiger charge is -2.31. The van der Waals surface area contributed by atoms with Crippen molar-refractivity contribution in [1.82, 2.24) is 4.31 Å². The first-order valence-corrected chi connectivity index (χ1v) is 7.84. The van der Waals surface area contributed by atoms with E-state index in [1.54, 1.807) is 0 Å². The van der Waals surface area contributed by atoms with Crippen LogP contribution in [0, 0.1) is 0 Å². The highest BCUT2D eigenvalue weighted by molar-refractivity contribution is 7.89. The lowest BCUT2D eigenvalue weighted by atomic mass is 10.2. The Hall–Kier alpha value is -1.44. The molecule has 1 fully saturated rings. The molecule has 0 aliphatic carbocycles. The molecule has 1 saturated heterocycles. The molecule has 6 nitrogen and oxygen atoms in total. The molecule has 0 amide bonds. The number of carboxylic acids is 1. The first-order chi connectivity index (χ1) is 9.45. The van der Waals surface area contributed by atoms with Crippen LogP contribution in [0.1, 0.15) is 23.7 Å². The fourth-order valence-electron chi connectivity index (χ4n) is 2.08. The Morgan fingerprint density at radius 1 is 1.40 bits per heavy atom. The largest absolute Gasteiger partial charge is 0.478 e. The molecule has 110 valence electrons. The maximum Gasteiger partial charge on any atom is 0.335 e. The normalized spacial score (nSPS) is 20.8. The molecule has 1 aromatic carbocycles. The molecule has 7 heteroatoms. The van der Waals surface area contributed by atoms with Crippen molar-refractivity contribution in [1.29, 1.82) is 0 Å². The van der Waals surface area contributed by atoms with Gasteiger partial charge in [0.2, 0.25) is 10.0 Å². The zero-order valence-electron chi connectivity index (χ0n) is 11.2. The van der Waals surface area contributed by atoms with Gasteiger partial charge < -0.3 is 9.84 Å². The zero-order valence-corrected chi connectivity index (χ0v) is 12.0. The van der Waals surface area contributed by atoms with Gasteiger partial charge in [-0.1, -0.05) is 6.92 Å². The molecule has 0 aromatic heterocycles. The number of benzene rings is 1. The summed E-state index contributed by atoms with van der Waals surface area (Å²) < 4.78 is 31.8. The van der Waals surface area contributed by atoms with E-state index in [1.165, 1.54) is 28.6 Å². The Balaban J connectivity index is 2.23. The van der Waals surface area contributed by atoms with E-state index >= 15 is 0 Å². The summed E-state index contributed by atoms with van der Waals surface area (Å²) in [5, 5.41) is 8.82. The van der Waals surface area contributed by atoms with E-state index in [9.17, 15) is 13.2 Å². The summed E-state index contributed by atoms with van der Waals surface area (Å²) in [4.78, 5) is 10.9. The molecule has 1 aromatic rings. The number of morpholine rings is 1. The van der Waals surface area contributed by atoms with Crippen LogP contribution < -0.4 is 0 Å². The number of nitrogens with zero attached hydrogens (tertiary/aromatic N) is 1. The van der Waals surface area contributed by atoms with E-state index in [4.69, 9.17) is 9.84 Å². The summed E-state index contributed by atoms with van der Waals surface area (Å²) in [6.07, 6.45) is 0.668. The van der Waals surface area contributed by atoms with Crippen molar-refractivity contribution in [3.05, 3.63) is 29.8 Å². The highest BCUT2D eigenvalue weighted by atomic mass is 32.2. The number of rotatable bonds is 4. The van der Waals surface area contributed by atoms with Crippen molar-refractivity contribution in [3.63, 3.8) is 0 Å². The van der Waals surface area contributed by atoms with Crippen LogP contribution in [-0.4, -0.2) is 49.6 Å². The third-order valence-corrected chi connectivity index (χ3v) is 5.18. The van der Waals surface area contributed by atoms with Crippen LogP contribution in [0.3, 0.4) is 0 Å². The second-order valence-electron chi connectivity index (χ2n) is 4.59. The Bertz CT molecular complexity index is 581. The number of aromatic carboxylic acids is 1.